The molecule has 0 N–H and O–H groups in total. The molecule has 0 saturated heterocycles. The molecule has 0 aromatic carbocycles. The van der Waals surface area contributed by atoms with Gasteiger partial charge < -0.3 is 13.6 Å². The fraction of sp³-hybridized carbons (Fsp3) is 0.962. The molecule has 0 saturated carbocycles. The van der Waals surface area contributed by atoms with Gasteiger partial charge in [-0.2, -0.15) is 0 Å². The second kappa shape index (κ2) is 11.9. The Morgan fingerprint density at radius 3 is 1.48 bits per heavy atom. The molecule has 0 unspecified atom stereocenters. The number of aldehydes is 1. The summed E-state index contributed by atoms with van der Waals surface area (Å²) in [6.07, 6.45) is 2.13. The Bertz CT molecular complexity index is 515. The van der Waals surface area contributed by atoms with E-state index < -0.39 is 16.6 Å². The van der Waals surface area contributed by atoms with Gasteiger partial charge in [0.25, 0.3) is 0 Å². The molecule has 0 heterocycles. The van der Waals surface area contributed by atoms with Crippen LogP contribution in [0.2, 0.25) is 34.8 Å². The van der Waals surface area contributed by atoms with Crippen molar-refractivity contribution in [3.05, 3.63) is 0 Å². The van der Waals surface area contributed by atoms with E-state index in [9.17, 15) is 4.79 Å². The minimum atomic E-state index is -2.05. The molecule has 0 aliphatic carbocycles. The minimum Gasteiger partial charge on any atom is -0.413 e. The second-order valence-corrected chi connectivity index (χ2v) is 22.6. The number of hydrogen-bond donors (Lipinski definition) is 0. The summed E-state index contributed by atoms with van der Waals surface area (Å²) in [5.74, 6) is 0.433. The molecular weight excluding hydrogens is 416 g/mol. The lowest BCUT2D eigenvalue weighted by molar-refractivity contribution is -0.115. The molecule has 0 amide bonds. The maximum absolute atomic E-state index is 12.0. The van der Waals surface area contributed by atoms with Gasteiger partial charge in [-0.25, -0.2) is 0 Å². The number of hydrogen-bond acceptors (Lipinski definition) is 3. The maximum Gasteiger partial charge on any atom is 0.200 e. The minimum absolute atomic E-state index is 0.0982. The molecule has 3 nitrogen and oxygen atoms in total. The summed E-state index contributed by atoms with van der Waals surface area (Å²) in [7, 11) is -4.08. The smallest absolute Gasteiger partial charge is 0.200 e. The molecule has 0 bridgehead atoms. The summed E-state index contributed by atoms with van der Waals surface area (Å²) in [6.45, 7) is 34.3. The Kier molecular flexibility index (Phi) is 11.9. The van der Waals surface area contributed by atoms with Crippen molar-refractivity contribution in [3.8, 4) is 0 Å². The third-order valence-corrected chi connectivity index (χ3v) is 18.8. The lowest BCUT2D eigenvalue weighted by atomic mass is 9.84. The van der Waals surface area contributed by atoms with Gasteiger partial charge in [-0.05, 0) is 40.7 Å². The van der Waals surface area contributed by atoms with E-state index in [0.717, 1.165) is 12.7 Å². The highest BCUT2D eigenvalue weighted by Crippen LogP contribution is 2.46. The van der Waals surface area contributed by atoms with Crippen LogP contribution in [-0.4, -0.2) is 35.1 Å². The zero-order chi connectivity index (χ0) is 24.9. The molecule has 0 aliphatic heterocycles. The average molecular weight is 473 g/mol. The van der Waals surface area contributed by atoms with E-state index in [4.69, 9.17) is 8.85 Å². The molecule has 0 aromatic rings. The summed E-state index contributed by atoms with van der Waals surface area (Å²) >= 11 is 0. The van der Waals surface area contributed by atoms with E-state index in [1.54, 1.807) is 0 Å². The first-order chi connectivity index (χ1) is 13.9. The topological polar surface area (TPSA) is 35.5 Å². The summed E-state index contributed by atoms with van der Waals surface area (Å²) in [6, 6.07) is 0. The van der Waals surface area contributed by atoms with Gasteiger partial charge in [0.2, 0.25) is 8.32 Å². The molecule has 0 radical (unpaired) electrons. The lowest BCUT2D eigenvalue weighted by Gasteiger charge is -2.49. The van der Waals surface area contributed by atoms with Gasteiger partial charge in [0, 0.05) is 11.8 Å². The molecule has 0 aliphatic rings. The van der Waals surface area contributed by atoms with Crippen LogP contribution in [-0.2, 0) is 13.6 Å². The van der Waals surface area contributed by atoms with Crippen molar-refractivity contribution < 1.29 is 13.6 Å². The van der Waals surface area contributed by atoms with Gasteiger partial charge in [0.05, 0.1) is 12.2 Å². The first kappa shape index (κ1) is 31.0. The van der Waals surface area contributed by atoms with E-state index in [1.165, 1.54) is 0 Å². The normalized spacial score (nSPS) is 18.9. The van der Waals surface area contributed by atoms with Crippen molar-refractivity contribution in [2.45, 2.75) is 143 Å². The van der Waals surface area contributed by atoms with Gasteiger partial charge >= 0.3 is 0 Å². The zero-order valence-corrected chi connectivity index (χ0v) is 25.6. The number of carbonyl (C=O) groups excluding carboxylic acids is 1. The first-order valence-corrected chi connectivity index (χ1v) is 17.8. The zero-order valence-electron chi connectivity index (χ0n) is 23.6. The van der Waals surface area contributed by atoms with Crippen molar-refractivity contribution >= 4 is 22.9 Å². The third-order valence-electron chi connectivity index (χ3n) is 8.26. The van der Waals surface area contributed by atoms with E-state index >= 15 is 0 Å². The Hall–Kier alpha value is 0.0238. The van der Waals surface area contributed by atoms with Crippen LogP contribution in [0.3, 0.4) is 0 Å². The fourth-order valence-electron chi connectivity index (χ4n) is 5.09. The largest absolute Gasteiger partial charge is 0.413 e. The van der Waals surface area contributed by atoms with Crippen molar-refractivity contribution in [1.82, 2.24) is 0 Å². The molecule has 0 rings (SSSR count). The van der Waals surface area contributed by atoms with Crippen molar-refractivity contribution in [2.75, 3.05) is 0 Å². The van der Waals surface area contributed by atoms with Crippen LogP contribution >= 0.6 is 0 Å². The highest BCUT2D eigenvalue weighted by molar-refractivity contribution is 6.77. The van der Waals surface area contributed by atoms with Gasteiger partial charge in [-0.1, -0.05) is 96.4 Å². The monoisotopic (exact) mass is 472 g/mol. The Morgan fingerprint density at radius 2 is 1.19 bits per heavy atom. The average Bonchev–Trinajstić information content (AvgIpc) is 2.63. The predicted molar refractivity (Wildman–Crippen MR) is 142 cm³/mol. The van der Waals surface area contributed by atoms with Crippen molar-refractivity contribution in [1.29, 1.82) is 0 Å². The number of carbonyl (C=O) groups is 1. The third kappa shape index (κ3) is 7.25. The van der Waals surface area contributed by atoms with Gasteiger partial charge in [-0.3, -0.25) is 0 Å². The van der Waals surface area contributed by atoms with Crippen molar-refractivity contribution in [2.24, 2.45) is 17.8 Å². The highest BCUT2D eigenvalue weighted by atomic mass is 28.4. The summed E-state index contributed by atoms with van der Waals surface area (Å²) in [4.78, 5) is 12.0. The molecule has 0 spiro atoms. The van der Waals surface area contributed by atoms with Crippen LogP contribution < -0.4 is 0 Å². The van der Waals surface area contributed by atoms with E-state index in [2.05, 4.69) is 96.2 Å². The van der Waals surface area contributed by atoms with Gasteiger partial charge in [0.1, 0.15) is 6.29 Å². The Labute approximate surface area is 197 Å². The molecule has 186 valence electrons. The molecule has 5 atom stereocenters. The van der Waals surface area contributed by atoms with Crippen LogP contribution in [0.25, 0.3) is 0 Å². The van der Waals surface area contributed by atoms with Crippen LogP contribution in [0.4, 0.5) is 0 Å². The standard InChI is InChI=1S/C26H56O3Si2/c1-16-21(8)24(29-31(18(2)3,19(4)5)20(6)7)23(10)25(22(9)17-27)28-30(14,15)26(11,12)13/h17-25H,16H2,1-15H3/t21-,22-,23+,24-,25+/m1/s1. The van der Waals surface area contributed by atoms with Crippen molar-refractivity contribution in [3.63, 3.8) is 0 Å². The summed E-state index contributed by atoms with van der Waals surface area (Å²) in [5.41, 5.74) is 1.61. The maximum atomic E-state index is 12.0. The van der Waals surface area contributed by atoms with E-state index in [-0.39, 0.29) is 29.1 Å². The molecule has 31 heavy (non-hydrogen) atoms. The molecule has 5 heteroatoms. The summed E-state index contributed by atoms with van der Waals surface area (Å²) in [5, 5.41) is 0.104. The second-order valence-electron chi connectivity index (χ2n) is 12.5. The SMILES string of the molecule is CC[C@@H](C)[C@@H](O[Si](C(C)C)(C(C)C)C(C)C)[C@H](C)[C@@H](O[Si](C)(C)C(C)(C)C)[C@H](C)C=O. The molecule has 0 fully saturated rings. The fourth-order valence-corrected chi connectivity index (χ4v) is 12.3. The van der Waals surface area contributed by atoms with Crippen LogP contribution in [0, 0.1) is 17.8 Å². The Morgan fingerprint density at radius 1 is 0.774 bits per heavy atom. The highest BCUT2D eigenvalue weighted by Gasteiger charge is 2.50. The van der Waals surface area contributed by atoms with E-state index in [0.29, 0.717) is 22.5 Å². The van der Waals surface area contributed by atoms with Crippen LogP contribution in [0.5, 0.6) is 0 Å². The van der Waals surface area contributed by atoms with Crippen LogP contribution in [0.15, 0.2) is 0 Å². The lowest BCUT2D eigenvalue weighted by Crippen LogP contribution is -2.56. The quantitative estimate of drug-likeness (QED) is 0.199. The molecular formula is C26H56O3Si2. The first-order valence-electron chi connectivity index (χ1n) is 12.7. The van der Waals surface area contributed by atoms with Gasteiger partial charge in [-0.15, -0.1) is 0 Å². The number of rotatable bonds is 13. The van der Waals surface area contributed by atoms with Gasteiger partial charge in [0.15, 0.2) is 8.32 Å². The molecule has 0 aromatic heterocycles. The van der Waals surface area contributed by atoms with E-state index in [1.807, 2.05) is 6.92 Å². The van der Waals surface area contributed by atoms with Crippen LogP contribution in [0.1, 0.15) is 96.4 Å². The Balaban J connectivity index is 6.36. The predicted octanol–water partition coefficient (Wildman–Crippen LogP) is 8.45. The summed E-state index contributed by atoms with van der Waals surface area (Å²) < 4.78 is 14.3.